The molecule has 144 valence electrons. The molecular weight excluding hydrogens is 320 g/mol. The molecule has 0 bridgehead atoms. The zero-order valence-electron chi connectivity index (χ0n) is 15.3. The predicted molar refractivity (Wildman–Crippen MR) is 100 cm³/mol. The van der Waals surface area contributed by atoms with Gasteiger partial charge in [0.1, 0.15) is 6.10 Å². The molecule has 5 heteroatoms. The third-order valence-electron chi connectivity index (χ3n) is 3.88. The first-order valence-corrected chi connectivity index (χ1v) is 9.09. The van der Waals surface area contributed by atoms with Crippen molar-refractivity contribution in [3.8, 4) is 0 Å². The van der Waals surface area contributed by atoms with Gasteiger partial charge in [-0.2, -0.15) is 0 Å². The first kappa shape index (κ1) is 23.6. The number of carbonyl (C=O) groups excluding carboxylic acids is 1. The van der Waals surface area contributed by atoms with Gasteiger partial charge in [-0.25, -0.2) is 4.79 Å². The van der Waals surface area contributed by atoms with Crippen LogP contribution in [0.4, 0.5) is 0 Å². The Kier molecular flexibility index (Phi) is 14.0. The maximum absolute atomic E-state index is 11.9. The van der Waals surface area contributed by atoms with Gasteiger partial charge in [0.2, 0.25) is 0 Å². The molecule has 0 unspecified atom stereocenters. The number of hydrogen-bond donors (Lipinski definition) is 3. The summed E-state index contributed by atoms with van der Waals surface area (Å²) in [7, 11) is 0. The van der Waals surface area contributed by atoms with Crippen LogP contribution in [0, 0.1) is 0 Å². The van der Waals surface area contributed by atoms with E-state index in [1.54, 1.807) is 12.2 Å². The third kappa shape index (κ3) is 12.6. The van der Waals surface area contributed by atoms with Crippen molar-refractivity contribution in [2.45, 2.75) is 82.7 Å². The second-order valence-electron chi connectivity index (χ2n) is 6.25. The van der Waals surface area contributed by atoms with E-state index < -0.39 is 24.3 Å². The summed E-state index contributed by atoms with van der Waals surface area (Å²) in [6.07, 6.45) is 8.17. The van der Waals surface area contributed by atoms with Gasteiger partial charge in [-0.15, -0.1) is 13.2 Å². The Morgan fingerprint density at radius 3 is 2.44 bits per heavy atom. The fourth-order valence-electron chi connectivity index (χ4n) is 2.40. The standard InChI is InChI=1S/C20H34O5/c1-4-7-9-12-17(11-8-5-2)25-20(24)14-13-18(22)19(23)15-16(21)10-6-3/h5-6,13-14,16-19,21-23H,2-4,7-12,15H2,1H3/b14-13+/t16-,17+,18-,19-/m0/s1. The normalized spacial score (nSPS) is 16.2. The fourth-order valence-corrected chi connectivity index (χ4v) is 2.40. The van der Waals surface area contributed by atoms with Crippen LogP contribution >= 0.6 is 0 Å². The van der Waals surface area contributed by atoms with Crippen molar-refractivity contribution in [1.82, 2.24) is 0 Å². The molecule has 0 aliphatic heterocycles. The van der Waals surface area contributed by atoms with Gasteiger partial charge in [0.05, 0.1) is 18.3 Å². The summed E-state index contributed by atoms with van der Waals surface area (Å²) in [5.74, 6) is -0.538. The van der Waals surface area contributed by atoms with Crippen LogP contribution in [0.2, 0.25) is 0 Å². The average Bonchev–Trinajstić information content (AvgIpc) is 2.57. The van der Waals surface area contributed by atoms with Crippen molar-refractivity contribution >= 4 is 5.97 Å². The lowest BCUT2D eigenvalue weighted by molar-refractivity contribution is -0.143. The lowest BCUT2D eigenvalue weighted by Crippen LogP contribution is -2.28. The SMILES string of the molecule is C=CCC[C@H](CCCCC)OC(=O)/C=C/[C@H](O)[C@@H](O)C[C@@H](O)CC=C. The topological polar surface area (TPSA) is 87.0 Å². The van der Waals surface area contributed by atoms with Crippen LogP contribution in [0.3, 0.4) is 0 Å². The zero-order valence-corrected chi connectivity index (χ0v) is 15.3. The molecule has 0 aromatic rings. The molecular formula is C20H34O5. The molecule has 0 spiro atoms. The van der Waals surface area contributed by atoms with Crippen molar-refractivity contribution in [3.63, 3.8) is 0 Å². The lowest BCUT2D eigenvalue weighted by Gasteiger charge is -2.18. The Morgan fingerprint density at radius 2 is 1.84 bits per heavy atom. The van der Waals surface area contributed by atoms with Crippen LogP contribution in [0.1, 0.15) is 58.3 Å². The monoisotopic (exact) mass is 354 g/mol. The van der Waals surface area contributed by atoms with Crippen LogP contribution in [0.5, 0.6) is 0 Å². The molecule has 5 nitrogen and oxygen atoms in total. The highest BCUT2D eigenvalue weighted by molar-refractivity contribution is 5.82. The van der Waals surface area contributed by atoms with E-state index in [4.69, 9.17) is 4.74 Å². The second-order valence-corrected chi connectivity index (χ2v) is 6.25. The maximum atomic E-state index is 11.9. The predicted octanol–water partition coefficient (Wildman–Crippen LogP) is 3.05. The minimum Gasteiger partial charge on any atom is -0.459 e. The number of allylic oxidation sites excluding steroid dienone is 1. The number of unbranched alkanes of at least 4 members (excludes halogenated alkanes) is 2. The summed E-state index contributed by atoms with van der Waals surface area (Å²) >= 11 is 0. The number of carbonyl (C=O) groups is 1. The van der Waals surface area contributed by atoms with Gasteiger partial charge in [-0.3, -0.25) is 0 Å². The van der Waals surface area contributed by atoms with Crippen LogP contribution in [-0.4, -0.2) is 45.7 Å². The van der Waals surface area contributed by atoms with E-state index in [2.05, 4.69) is 20.1 Å². The van der Waals surface area contributed by atoms with Gasteiger partial charge in [-0.1, -0.05) is 31.9 Å². The zero-order chi connectivity index (χ0) is 19.1. The molecule has 0 radical (unpaired) electrons. The first-order chi connectivity index (χ1) is 11.9. The van der Waals surface area contributed by atoms with Crippen molar-refractivity contribution in [1.29, 1.82) is 0 Å². The molecule has 25 heavy (non-hydrogen) atoms. The third-order valence-corrected chi connectivity index (χ3v) is 3.88. The molecule has 0 aromatic carbocycles. The highest BCUT2D eigenvalue weighted by Crippen LogP contribution is 2.13. The van der Waals surface area contributed by atoms with Crippen molar-refractivity contribution in [3.05, 3.63) is 37.5 Å². The Labute approximate surface area is 151 Å². The summed E-state index contributed by atoms with van der Waals surface area (Å²) < 4.78 is 5.42. The highest BCUT2D eigenvalue weighted by Gasteiger charge is 2.18. The number of aliphatic hydroxyl groups excluding tert-OH is 3. The highest BCUT2D eigenvalue weighted by atomic mass is 16.5. The molecule has 3 N–H and O–H groups in total. The van der Waals surface area contributed by atoms with Gasteiger partial charge in [0.15, 0.2) is 0 Å². The minimum absolute atomic E-state index is 0.00551. The molecule has 0 fully saturated rings. The van der Waals surface area contributed by atoms with E-state index >= 15 is 0 Å². The first-order valence-electron chi connectivity index (χ1n) is 9.09. The van der Waals surface area contributed by atoms with Gasteiger partial charge in [0, 0.05) is 12.5 Å². The Bertz CT molecular complexity index is 405. The average molecular weight is 354 g/mol. The van der Waals surface area contributed by atoms with Crippen LogP contribution in [-0.2, 0) is 9.53 Å². The van der Waals surface area contributed by atoms with Gasteiger partial charge < -0.3 is 20.1 Å². The molecule has 0 amide bonds. The van der Waals surface area contributed by atoms with Crippen LogP contribution in [0.25, 0.3) is 0 Å². The van der Waals surface area contributed by atoms with Gasteiger partial charge in [0.25, 0.3) is 0 Å². The summed E-state index contributed by atoms with van der Waals surface area (Å²) in [4.78, 5) is 11.9. The minimum atomic E-state index is -1.24. The lowest BCUT2D eigenvalue weighted by atomic mass is 10.0. The Balaban J connectivity index is 4.41. The molecule has 0 heterocycles. The number of hydrogen-bond acceptors (Lipinski definition) is 5. The molecule has 4 atom stereocenters. The number of ether oxygens (including phenoxy) is 1. The number of aliphatic hydroxyl groups is 3. The smallest absolute Gasteiger partial charge is 0.330 e. The summed E-state index contributed by atoms with van der Waals surface area (Å²) in [5.41, 5.74) is 0. The molecule has 0 saturated carbocycles. The molecule has 0 aliphatic rings. The summed E-state index contributed by atoms with van der Waals surface area (Å²) in [6.45, 7) is 9.30. The summed E-state index contributed by atoms with van der Waals surface area (Å²) in [5, 5.41) is 29.2. The largest absolute Gasteiger partial charge is 0.459 e. The number of esters is 1. The van der Waals surface area contributed by atoms with E-state index in [-0.39, 0.29) is 12.5 Å². The quantitative estimate of drug-likeness (QED) is 0.182. The van der Waals surface area contributed by atoms with Gasteiger partial charge in [-0.05, 0) is 38.2 Å². The van der Waals surface area contributed by atoms with Crippen LogP contribution < -0.4 is 0 Å². The van der Waals surface area contributed by atoms with E-state index in [1.807, 2.05) is 0 Å². The molecule has 0 rings (SSSR count). The van der Waals surface area contributed by atoms with E-state index in [9.17, 15) is 20.1 Å². The second kappa shape index (κ2) is 14.9. The van der Waals surface area contributed by atoms with Crippen molar-refractivity contribution in [2.24, 2.45) is 0 Å². The molecule has 0 aromatic heterocycles. The molecule has 0 aliphatic carbocycles. The van der Waals surface area contributed by atoms with E-state index in [1.165, 1.54) is 6.08 Å². The van der Waals surface area contributed by atoms with Crippen molar-refractivity contribution < 1.29 is 24.9 Å². The Morgan fingerprint density at radius 1 is 1.12 bits per heavy atom. The maximum Gasteiger partial charge on any atom is 0.330 e. The summed E-state index contributed by atoms with van der Waals surface area (Å²) in [6, 6.07) is 0. The van der Waals surface area contributed by atoms with E-state index in [0.29, 0.717) is 6.42 Å². The Hall–Kier alpha value is -1.43. The molecule has 0 saturated heterocycles. The van der Waals surface area contributed by atoms with Crippen LogP contribution in [0.15, 0.2) is 37.5 Å². The van der Waals surface area contributed by atoms with Crippen molar-refractivity contribution in [2.75, 3.05) is 0 Å². The fraction of sp³-hybridized carbons (Fsp3) is 0.650. The van der Waals surface area contributed by atoms with E-state index in [0.717, 1.165) is 44.6 Å². The van der Waals surface area contributed by atoms with Gasteiger partial charge >= 0.3 is 5.97 Å². The number of rotatable bonds is 15.